The molecule has 1 fully saturated rings. The number of nitrogens with zero attached hydrogens (tertiary/aromatic N) is 1. The average molecular weight is 296 g/mol. The van der Waals surface area contributed by atoms with Gasteiger partial charge in [-0.1, -0.05) is 34.1 Å². The molecule has 1 saturated carbocycles. The van der Waals surface area contributed by atoms with Gasteiger partial charge in [-0.2, -0.15) is 0 Å². The lowest BCUT2D eigenvalue weighted by molar-refractivity contribution is 0.0135. The van der Waals surface area contributed by atoms with Crippen LogP contribution in [0.5, 0.6) is 0 Å². The Bertz CT molecular complexity index is 424. The Kier molecular flexibility index (Phi) is 5.21. The highest BCUT2D eigenvalue weighted by molar-refractivity contribution is 7.11. The summed E-state index contributed by atoms with van der Waals surface area (Å²) in [5, 5.41) is 15.0. The molecule has 2 rings (SSSR count). The van der Waals surface area contributed by atoms with Crippen molar-refractivity contribution in [2.75, 3.05) is 6.54 Å². The zero-order valence-corrected chi connectivity index (χ0v) is 14.0. The Labute approximate surface area is 126 Å². The number of thiazole rings is 1. The highest BCUT2D eigenvalue weighted by atomic mass is 32.1. The van der Waals surface area contributed by atoms with Gasteiger partial charge < -0.3 is 10.4 Å². The van der Waals surface area contributed by atoms with E-state index >= 15 is 0 Å². The predicted molar refractivity (Wildman–Crippen MR) is 85.0 cm³/mol. The first-order chi connectivity index (χ1) is 9.40. The first-order valence-electron chi connectivity index (χ1n) is 7.73. The van der Waals surface area contributed by atoms with E-state index in [2.05, 4.69) is 38.0 Å². The molecule has 0 bridgehead atoms. The summed E-state index contributed by atoms with van der Waals surface area (Å²) in [6.45, 7) is 10.1. The van der Waals surface area contributed by atoms with E-state index in [1.165, 1.54) is 29.1 Å². The lowest BCUT2D eigenvalue weighted by atomic mass is 9.81. The molecular weight excluding hydrogens is 268 g/mol. The van der Waals surface area contributed by atoms with Crippen molar-refractivity contribution in [3.63, 3.8) is 0 Å². The molecule has 114 valence electrons. The van der Waals surface area contributed by atoms with Gasteiger partial charge in [0.25, 0.3) is 0 Å². The first kappa shape index (κ1) is 15.9. The maximum absolute atomic E-state index is 10.2. The summed E-state index contributed by atoms with van der Waals surface area (Å²) in [5.74, 6) is 1.02. The van der Waals surface area contributed by atoms with Crippen LogP contribution in [0.2, 0.25) is 0 Å². The summed E-state index contributed by atoms with van der Waals surface area (Å²) in [5.41, 5.74) is -0.102. The van der Waals surface area contributed by atoms with Crippen LogP contribution >= 0.6 is 11.3 Å². The fourth-order valence-electron chi connectivity index (χ4n) is 2.76. The van der Waals surface area contributed by atoms with Crippen LogP contribution in [-0.2, 0) is 6.54 Å². The molecule has 1 atom stereocenters. The summed E-state index contributed by atoms with van der Waals surface area (Å²) < 4.78 is 0. The third-order valence-electron chi connectivity index (χ3n) is 4.34. The van der Waals surface area contributed by atoms with E-state index in [4.69, 9.17) is 0 Å². The van der Waals surface area contributed by atoms with Gasteiger partial charge in [-0.3, -0.25) is 0 Å². The summed E-state index contributed by atoms with van der Waals surface area (Å²) in [7, 11) is 0. The van der Waals surface area contributed by atoms with Gasteiger partial charge in [0.2, 0.25) is 0 Å². The number of aliphatic hydroxyl groups is 1. The molecule has 0 saturated heterocycles. The van der Waals surface area contributed by atoms with Gasteiger partial charge in [0.1, 0.15) is 0 Å². The summed E-state index contributed by atoms with van der Waals surface area (Å²) in [6, 6.07) is 0. The summed E-state index contributed by atoms with van der Waals surface area (Å²) >= 11 is 1.85. The van der Waals surface area contributed by atoms with Gasteiger partial charge in [-0.05, 0) is 18.8 Å². The normalized spacial score (nSPS) is 18.3. The van der Waals surface area contributed by atoms with E-state index in [9.17, 15) is 5.11 Å². The van der Waals surface area contributed by atoms with Crippen LogP contribution in [0.1, 0.15) is 62.8 Å². The molecule has 1 aromatic heterocycles. The third-order valence-corrected chi connectivity index (χ3v) is 5.50. The van der Waals surface area contributed by atoms with E-state index in [1.54, 1.807) is 0 Å². The minimum absolute atomic E-state index is 0.102. The molecule has 1 unspecified atom stereocenters. The molecule has 2 N–H and O–H groups in total. The number of hydrogen-bond donors (Lipinski definition) is 2. The summed E-state index contributed by atoms with van der Waals surface area (Å²) in [6.07, 6.45) is 5.72. The van der Waals surface area contributed by atoms with Crippen molar-refractivity contribution in [3.8, 4) is 0 Å². The highest BCUT2D eigenvalue weighted by Crippen LogP contribution is 2.38. The Morgan fingerprint density at radius 1 is 1.45 bits per heavy atom. The van der Waals surface area contributed by atoms with Crippen molar-refractivity contribution in [1.29, 1.82) is 0 Å². The second kappa shape index (κ2) is 6.54. The smallest absolute Gasteiger partial charge is 0.0959 e. The van der Waals surface area contributed by atoms with Crippen molar-refractivity contribution in [2.24, 2.45) is 11.3 Å². The van der Waals surface area contributed by atoms with E-state index in [1.807, 2.05) is 17.5 Å². The van der Waals surface area contributed by atoms with Gasteiger partial charge in [0.15, 0.2) is 0 Å². The van der Waals surface area contributed by atoms with Crippen LogP contribution < -0.4 is 5.32 Å². The second-order valence-corrected chi connectivity index (χ2v) is 8.22. The van der Waals surface area contributed by atoms with Gasteiger partial charge in [-0.25, -0.2) is 4.98 Å². The quantitative estimate of drug-likeness (QED) is 0.809. The molecule has 20 heavy (non-hydrogen) atoms. The molecule has 1 aliphatic rings. The van der Waals surface area contributed by atoms with Crippen LogP contribution in [0.3, 0.4) is 0 Å². The SMILES string of the molecule is CC(C)C(O)C(C)(C)CNCc1cnc(C2CCC2)s1. The van der Waals surface area contributed by atoms with E-state index in [0.29, 0.717) is 5.92 Å². The van der Waals surface area contributed by atoms with Crippen molar-refractivity contribution >= 4 is 11.3 Å². The van der Waals surface area contributed by atoms with E-state index in [0.717, 1.165) is 19.0 Å². The van der Waals surface area contributed by atoms with Crippen molar-refractivity contribution in [1.82, 2.24) is 10.3 Å². The van der Waals surface area contributed by atoms with Gasteiger partial charge in [0.05, 0.1) is 11.1 Å². The van der Waals surface area contributed by atoms with Gasteiger partial charge in [0, 0.05) is 35.5 Å². The topological polar surface area (TPSA) is 45.1 Å². The highest BCUT2D eigenvalue weighted by Gasteiger charge is 2.29. The van der Waals surface area contributed by atoms with Crippen LogP contribution in [0.15, 0.2) is 6.20 Å². The Balaban J connectivity index is 1.78. The zero-order valence-electron chi connectivity index (χ0n) is 13.1. The number of rotatable bonds is 7. The summed E-state index contributed by atoms with van der Waals surface area (Å²) in [4.78, 5) is 5.85. The molecule has 0 radical (unpaired) electrons. The maximum atomic E-state index is 10.2. The number of aromatic nitrogens is 1. The van der Waals surface area contributed by atoms with E-state index in [-0.39, 0.29) is 11.5 Å². The molecule has 4 heteroatoms. The maximum Gasteiger partial charge on any atom is 0.0959 e. The number of aliphatic hydroxyl groups excluding tert-OH is 1. The van der Waals surface area contributed by atoms with Crippen molar-refractivity contribution in [2.45, 2.75) is 65.5 Å². The average Bonchev–Trinajstić information content (AvgIpc) is 2.73. The standard InChI is InChI=1S/C16H28N2OS/c1-11(2)14(19)16(3,4)10-17-8-13-9-18-15(20-13)12-6-5-7-12/h9,11-12,14,17,19H,5-8,10H2,1-4H3. The van der Waals surface area contributed by atoms with Crippen LogP contribution in [0, 0.1) is 11.3 Å². The monoisotopic (exact) mass is 296 g/mol. The fraction of sp³-hybridized carbons (Fsp3) is 0.812. The Morgan fingerprint density at radius 3 is 2.70 bits per heavy atom. The zero-order chi connectivity index (χ0) is 14.8. The van der Waals surface area contributed by atoms with Gasteiger partial charge >= 0.3 is 0 Å². The van der Waals surface area contributed by atoms with Crippen molar-refractivity contribution < 1.29 is 5.11 Å². The molecular formula is C16H28N2OS. The van der Waals surface area contributed by atoms with E-state index < -0.39 is 0 Å². The third kappa shape index (κ3) is 3.80. The van der Waals surface area contributed by atoms with Crippen LogP contribution in [0.25, 0.3) is 0 Å². The molecule has 0 aliphatic heterocycles. The van der Waals surface area contributed by atoms with Crippen molar-refractivity contribution in [3.05, 3.63) is 16.1 Å². The largest absolute Gasteiger partial charge is 0.392 e. The molecule has 3 nitrogen and oxygen atoms in total. The molecule has 0 amide bonds. The molecule has 1 aromatic rings. The molecule has 1 aliphatic carbocycles. The number of nitrogens with one attached hydrogen (secondary N) is 1. The Morgan fingerprint density at radius 2 is 2.15 bits per heavy atom. The fourth-order valence-corrected chi connectivity index (χ4v) is 3.82. The van der Waals surface area contributed by atoms with Crippen LogP contribution in [0.4, 0.5) is 0 Å². The second-order valence-electron chi connectivity index (χ2n) is 7.07. The lowest BCUT2D eigenvalue weighted by Crippen LogP contribution is -2.41. The molecule has 0 spiro atoms. The minimum Gasteiger partial charge on any atom is -0.392 e. The lowest BCUT2D eigenvalue weighted by Gasteiger charge is -2.33. The molecule has 1 heterocycles. The van der Waals surface area contributed by atoms with Gasteiger partial charge in [-0.15, -0.1) is 11.3 Å². The first-order valence-corrected chi connectivity index (χ1v) is 8.55. The van der Waals surface area contributed by atoms with Crippen LogP contribution in [-0.4, -0.2) is 22.7 Å². The predicted octanol–water partition coefficient (Wildman–Crippen LogP) is 3.54. The minimum atomic E-state index is -0.276. The Hall–Kier alpha value is -0.450. The molecule has 0 aromatic carbocycles. The number of hydrogen-bond acceptors (Lipinski definition) is 4.